The molecular weight excluding hydrogens is 507 g/mol. The van der Waals surface area contributed by atoms with Gasteiger partial charge in [0.05, 0.1) is 12.2 Å². The predicted octanol–water partition coefficient (Wildman–Crippen LogP) is 5.82. The van der Waals surface area contributed by atoms with Crippen LogP contribution in [0.4, 0.5) is 13.2 Å². The van der Waals surface area contributed by atoms with Gasteiger partial charge in [-0.1, -0.05) is 55.5 Å². The molecule has 0 radical (unpaired) electrons. The molecule has 3 rings (SSSR count). The van der Waals surface area contributed by atoms with Gasteiger partial charge in [-0.05, 0) is 54.8 Å². The summed E-state index contributed by atoms with van der Waals surface area (Å²) in [5, 5.41) is 0. The number of hydrogen-bond acceptors (Lipinski definition) is 5. The molecule has 1 amide bonds. The van der Waals surface area contributed by atoms with Crippen molar-refractivity contribution in [3.8, 4) is 5.75 Å². The fraction of sp³-hybridized carbons (Fsp3) is 0.296. The Morgan fingerprint density at radius 1 is 0.946 bits per heavy atom. The van der Waals surface area contributed by atoms with Crippen LogP contribution in [0.5, 0.6) is 5.75 Å². The lowest BCUT2D eigenvalue weighted by Crippen LogP contribution is -2.40. The van der Waals surface area contributed by atoms with E-state index in [1.807, 2.05) is 44.2 Å². The zero-order valence-electron chi connectivity index (χ0n) is 20.4. The number of carbonyl (C=O) groups is 1. The zero-order valence-corrected chi connectivity index (χ0v) is 21.3. The van der Waals surface area contributed by atoms with Crippen molar-refractivity contribution in [1.29, 1.82) is 0 Å². The molecule has 0 aromatic heterocycles. The quantitative estimate of drug-likeness (QED) is 0.290. The van der Waals surface area contributed by atoms with Crippen molar-refractivity contribution >= 4 is 16.0 Å². The lowest BCUT2D eigenvalue weighted by Gasteiger charge is -2.29. The van der Waals surface area contributed by atoms with Gasteiger partial charge in [-0.25, -0.2) is 0 Å². The number of rotatable bonds is 11. The number of carbonyl (C=O) groups excluding carboxylic acids is 1. The van der Waals surface area contributed by atoms with Gasteiger partial charge in [0.1, 0.15) is 17.3 Å². The highest BCUT2D eigenvalue weighted by molar-refractivity contribution is 7.87. The third-order valence-corrected chi connectivity index (χ3v) is 6.96. The highest BCUT2D eigenvalue weighted by Gasteiger charge is 2.32. The van der Waals surface area contributed by atoms with Crippen molar-refractivity contribution in [1.82, 2.24) is 4.90 Å². The van der Waals surface area contributed by atoms with E-state index in [4.69, 9.17) is 8.92 Å². The van der Waals surface area contributed by atoms with E-state index in [2.05, 4.69) is 0 Å². The number of benzene rings is 3. The Labute approximate surface area is 214 Å². The minimum absolute atomic E-state index is 0.0613. The van der Waals surface area contributed by atoms with Crippen LogP contribution in [0.15, 0.2) is 83.8 Å². The van der Waals surface area contributed by atoms with E-state index in [0.717, 1.165) is 35.7 Å². The maximum atomic E-state index is 12.9. The molecule has 0 heterocycles. The number of nitrogens with zero attached hydrogens (tertiary/aromatic N) is 1. The first-order valence-electron chi connectivity index (χ1n) is 11.6. The van der Waals surface area contributed by atoms with Crippen LogP contribution in [0.1, 0.15) is 37.0 Å². The molecule has 0 N–H and O–H groups in total. The molecule has 10 heteroatoms. The largest absolute Gasteiger partial charge is 0.416 e. The Hall–Kier alpha value is -3.37. The van der Waals surface area contributed by atoms with Crippen LogP contribution < -0.4 is 4.18 Å². The van der Waals surface area contributed by atoms with Gasteiger partial charge >= 0.3 is 16.3 Å². The first-order chi connectivity index (χ1) is 17.5. The average Bonchev–Trinajstić information content (AvgIpc) is 2.87. The average molecular weight is 536 g/mol. The minimum Gasteiger partial charge on any atom is -0.379 e. The summed E-state index contributed by atoms with van der Waals surface area (Å²) in [5.74, 6) is -0.244. The van der Waals surface area contributed by atoms with Gasteiger partial charge in [0.2, 0.25) is 5.91 Å². The number of halogens is 3. The van der Waals surface area contributed by atoms with Gasteiger partial charge in [0.15, 0.2) is 0 Å². The minimum atomic E-state index is -4.68. The lowest BCUT2D eigenvalue weighted by molar-refractivity contribution is -0.139. The maximum absolute atomic E-state index is 12.9. The van der Waals surface area contributed by atoms with Crippen LogP contribution in [0.25, 0.3) is 0 Å². The fourth-order valence-electron chi connectivity index (χ4n) is 3.47. The summed E-state index contributed by atoms with van der Waals surface area (Å²) < 4.78 is 74.5. The standard InChI is InChI=1S/C27H28F3NO5S/c1-3-20(2)31(26(32)19-35-18-22-8-5-4-6-9-22)17-21-12-14-24(15-13-21)36-37(33,34)25-11-7-10-23(16-25)27(28,29)30/h4-16,20H,3,17-19H2,1-2H3. The molecule has 37 heavy (non-hydrogen) atoms. The number of amides is 1. The smallest absolute Gasteiger partial charge is 0.379 e. The van der Waals surface area contributed by atoms with Gasteiger partial charge in [0.25, 0.3) is 0 Å². The first kappa shape index (κ1) is 28.2. The van der Waals surface area contributed by atoms with Crippen LogP contribution in [-0.2, 0) is 39.0 Å². The predicted molar refractivity (Wildman–Crippen MR) is 132 cm³/mol. The van der Waals surface area contributed by atoms with Gasteiger partial charge in [-0.2, -0.15) is 21.6 Å². The van der Waals surface area contributed by atoms with Crippen molar-refractivity contribution in [3.05, 3.63) is 95.6 Å². The van der Waals surface area contributed by atoms with E-state index in [-0.39, 0.29) is 30.9 Å². The maximum Gasteiger partial charge on any atom is 0.416 e. The van der Waals surface area contributed by atoms with Crippen molar-refractivity contribution in [2.24, 2.45) is 0 Å². The van der Waals surface area contributed by atoms with E-state index in [9.17, 15) is 26.4 Å². The molecule has 3 aromatic rings. The summed E-state index contributed by atoms with van der Waals surface area (Å²) in [4.78, 5) is 13.9. The molecule has 0 aliphatic rings. The molecule has 0 aliphatic carbocycles. The highest BCUT2D eigenvalue weighted by atomic mass is 32.2. The van der Waals surface area contributed by atoms with Crippen LogP contribution >= 0.6 is 0 Å². The van der Waals surface area contributed by atoms with Crippen LogP contribution in [0.2, 0.25) is 0 Å². The molecule has 198 valence electrons. The second-order valence-corrected chi connectivity index (χ2v) is 10.0. The zero-order chi connectivity index (χ0) is 27.1. The Kier molecular flexibility index (Phi) is 9.34. The summed E-state index contributed by atoms with van der Waals surface area (Å²) in [5.41, 5.74) is 0.594. The summed E-state index contributed by atoms with van der Waals surface area (Å²) in [7, 11) is -4.48. The Morgan fingerprint density at radius 3 is 2.24 bits per heavy atom. The number of hydrogen-bond donors (Lipinski definition) is 0. The van der Waals surface area contributed by atoms with E-state index in [1.165, 1.54) is 12.1 Å². The van der Waals surface area contributed by atoms with Crippen molar-refractivity contribution in [3.63, 3.8) is 0 Å². The number of alkyl halides is 3. The van der Waals surface area contributed by atoms with Gasteiger partial charge in [0, 0.05) is 12.6 Å². The molecule has 0 spiro atoms. The summed E-state index contributed by atoms with van der Waals surface area (Å²) in [6.45, 7) is 4.38. The molecule has 0 aliphatic heterocycles. The Bertz CT molecular complexity index is 1280. The molecule has 0 saturated carbocycles. The number of ether oxygens (including phenoxy) is 1. The van der Waals surface area contributed by atoms with Crippen molar-refractivity contribution < 1.29 is 35.3 Å². The van der Waals surface area contributed by atoms with Crippen LogP contribution in [0.3, 0.4) is 0 Å². The Morgan fingerprint density at radius 2 is 1.62 bits per heavy atom. The monoisotopic (exact) mass is 535 g/mol. The summed E-state index contributed by atoms with van der Waals surface area (Å²) >= 11 is 0. The first-order valence-corrected chi connectivity index (χ1v) is 13.0. The highest BCUT2D eigenvalue weighted by Crippen LogP contribution is 2.31. The molecule has 3 aromatic carbocycles. The van der Waals surface area contributed by atoms with Crippen molar-refractivity contribution in [2.45, 2.75) is 50.5 Å². The fourth-order valence-corrected chi connectivity index (χ4v) is 4.45. The third kappa shape index (κ3) is 8.06. The topological polar surface area (TPSA) is 72.9 Å². The molecule has 1 atom stereocenters. The lowest BCUT2D eigenvalue weighted by atomic mass is 10.1. The molecule has 0 saturated heterocycles. The summed E-state index contributed by atoms with van der Waals surface area (Å²) in [6, 6.07) is 18.8. The van der Waals surface area contributed by atoms with E-state index in [0.29, 0.717) is 12.7 Å². The molecule has 0 fully saturated rings. The van der Waals surface area contributed by atoms with E-state index >= 15 is 0 Å². The Balaban J connectivity index is 1.65. The van der Waals surface area contributed by atoms with Gasteiger partial charge in [-0.15, -0.1) is 0 Å². The second-order valence-electron chi connectivity index (χ2n) is 8.46. The van der Waals surface area contributed by atoms with E-state index in [1.54, 1.807) is 17.0 Å². The molecule has 6 nitrogen and oxygen atoms in total. The van der Waals surface area contributed by atoms with Gasteiger partial charge in [-0.3, -0.25) is 4.79 Å². The third-order valence-electron chi connectivity index (χ3n) is 5.71. The SMILES string of the molecule is CCC(C)N(Cc1ccc(OS(=O)(=O)c2cccc(C(F)(F)F)c2)cc1)C(=O)COCc1ccccc1. The second kappa shape index (κ2) is 12.2. The van der Waals surface area contributed by atoms with Crippen LogP contribution in [-0.4, -0.2) is 31.9 Å². The normalized spacial score (nSPS) is 12.7. The molecular formula is C27H28F3NO5S. The molecule has 1 unspecified atom stereocenters. The molecule has 0 bridgehead atoms. The van der Waals surface area contributed by atoms with E-state index < -0.39 is 26.8 Å². The summed E-state index contributed by atoms with van der Waals surface area (Å²) in [6.07, 6.45) is -3.96. The van der Waals surface area contributed by atoms with Crippen molar-refractivity contribution in [2.75, 3.05) is 6.61 Å². The van der Waals surface area contributed by atoms with Gasteiger partial charge < -0.3 is 13.8 Å². The van der Waals surface area contributed by atoms with Crippen LogP contribution in [0, 0.1) is 0 Å².